The zero-order chi connectivity index (χ0) is 24.6. The predicted molar refractivity (Wildman–Crippen MR) is 123 cm³/mol. The van der Waals surface area contributed by atoms with Crippen LogP contribution < -0.4 is 15.4 Å². The molecule has 1 atom stereocenters. The van der Waals surface area contributed by atoms with Crippen LogP contribution in [-0.2, 0) is 4.79 Å². The Balaban J connectivity index is 1.49. The number of benzene rings is 2. The Morgan fingerprint density at radius 1 is 1.20 bits per heavy atom. The molecule has 1 fully saturated rings. The van der Waals surface area contributed by atoms with Gasteiger partial charge in [-0.25, -0.2) is 15.0 Å². The zero-order valence-electron chi connectivity index (χ0n) is 17.9. The van der Waals surface area contributed by atoms with Crippen molar-refractivity contribution in [2.75, 3.05) is 11.9 Å². The van der Waals surface area contributed by atoms with E-state index in [-0.39, 0.29) is 17.7 Å². The van der Waals surface area contributed by atoms with Crippen LogP contribution in [0, 0.1) is 0 Å². The van der Waals surface area contributed by atoms with Crippen LogP contribution >= 0.6 is 11.6 Å². The highest BCUT2D eigenvalue weighted by molar-refractivity contribution is 6.20. The first kappa shape index (κ1) is 22.7. The van der Waals surface area contributed by atoms with E-state index in [4.69, 9.17) is 11.6 Å². The van der Waals surface area contributed by atoms with Crippen molar-refractivity contribution in [3.63, 3.8) is 0 Å². The molecule has 1 saturated heterocycles. The fourth-order valence-corrected chi connectivity index (χ4v) is 4.06. The normalized spacial score (nSPS) is 15.7. The molecule has 0 bridgehead atoms. The van der Waals surface area contributed by atoms with Crippen LogP contribution in [0.4, 0.5) is 14.5 Å². The lowest BCUT2D eigenvalue weighted by molar-refractivity contribution is -0.119. The number of nitrogens with zero attached hydrogens (tertiary/aromatic N) is 4. The third-order valence-electron chi connectivity index (χ3n) is 5.50. The van der Waals surface area contributed by atoms with Crippen LogP contribution in [0.1, 0.15) is 22.8 Å². The summed E-state index contributed by atoms with van der Waals surface area (Å²) in [6.07, 6.45) is 6.64. The van der Waals surface area contributed by atoms with Gasteiger partial charge in [0.05, 0.1) is 23.4 Å². The zero-order valence-corrected chi connectivity index (χ0v) is 18.7. The van der Waals surface area contributed by atoms with Crippen molar-refractivity contribution in [2.24, 2.45) is 0 Å². The molecular formula is C23H17ClF2N6O3. The summed E-state index contributed by atoms with van der Waals surface area (Å²) in [5.41, 5.74) is -0.484. The van der Waals surface area contributed by atoms with Crippen molar-refractivity contribution in [3.05, 3.63) is 67.0 Å². The van der Waals surface area contributed by atoms with Crippen LogP contribution in [0.3, 0.4) is 0 Å². The highest BCUT2D eigenvalue weighted by Crippen LogP contribution is 2.33. The van der Waals surface area contributed by atoms with E-state index in [1.54, 1.807) is 30.9 Å². The fraction of sp³-hybridized carbons (Fsp3) is 0.174. The molecule has 9 nitrogen and oxygen atoms in total. The third kappa shape index (κ3) is 4.90. The fourth-order valence-electron chi connectivity index (χ4n) is 3.97. The quantitative estimate of drug-likeness (QED) is 0.389. The Kier molecular flexibility index (Phi) is 5.77. The Labute approximate surface area is 202 Å². The lowest BCUT2D eigenvalue weighted by atomic mass is 10.0. The maximum Gasteiger partial charge on any atom is 0.487 e. The van der Waals surface area contributed by atoms with Gasteiger partial charge >= 0.3 is 5.57 Å². The van der Waals surface area contributed by atoms with E-state index in [1.165, 1.54) is 30.6 Å². The minimum Gasteiger partial charge on any atom is -0.420 e. The van der Waals surface area contributed by atoms with Gasteiger partial charge in [-0.15, -0.1) is 8.78 Å². The summed E-state index contributed by atoms with van der Waals surface area (Å²) >= 11 is 4.77. The first-order valence-electron chi connectivity index (χ1n) is 10.5. The van der Waals surface area contributed by atoms with E-state index in [9.17, 15) is 18.4 Å². The lowest BCUT2D eigenvalue weighted by Crippen LogP contribution is -2.16. The van der Waals surface area contributed by atoms with Crippen LogP contribution in [0.25, 0.3) is 22.2 Å². The molecule has 2 N–H and O–H groups in total. The summed E-state index contributed by atoms with van der Waals surface area (Å²) in [6, 6.07) is 8.59. The molecule has 35 heavy (non-hydrogen) atoms. The van der Waals surface area contributed by atoms with Gasteiger partial charge in [-0.1, -0.05) is 0 Å². The summed E-state index contributed by atoms with van der Waals surface area (Å²) in [5.74, 6) is -0.626. The van der Waals surface area contributed by atoms with Gasteiger partial charge in [-0.05, 0) is 36.4 Å². The van der Waals surface area contributed by atoms with Crippen molar-refractivity contribution in [2.45, 2.75) is 18.0 Å². The molecule has 0 spiro atoms. The van der Waals surface area contributed by atoms with Crippen LogP contribution in [-0.4, -0.2) is 43.4 Å². The second kappa shape index (κ2) is 8.91. The Morgan fingerprint density at radius 2 is 1.94 bits per heavy atom. The number of hydrogen-bond donors (Lipinski definition) is 2. The number of imidazole rings is 1. The van der Waals surface area contributed by atoms with Crippen molar-refractivity contribution >= 4 is 40.1 Å². The number of nitrogens with one attached hydrogen (secondary N) is 2. The van der Waals surface area contributed by atoms with Gasteiger partial charge in [0, 0.05) is 59.3 Å². The summed E-state index contributed by atoms with van der Waals surface area (Å²) in [7, 11) is 0. The number of hydrogen-bond acceptors (Lipinski definition) is 6. The molecule has 0 saturated carbocycles. The molecule has 2 aromatic heterocycles. The molecule has 0 unspecified atom stereocenters. The minimum atomic E-state index is -3.83. The third-order valence-corrected chi connectivity index (χ3v) is 5.58. The Hall–Kier alpha value is -4.12. The number of halogens is 3. The van der Waals surface area contributed by atoms with Gasteiger partial charge in [-0.3, -0.25) is 9.59 Å². The van der Waals surface area contributed by atoms with E-state index < -0.39 is 11.5 Å². The number of carbonyl (C=O) groups is 2. The van der Waals surface area contributed by atoms with E-state index >= 15 is 0 Å². The standard InChI is InChI=1S/C23H17ClF2N6O3/c24-23(25,26)35-17-3-1-15(2-4-17)31-22(34)13-5-18(14-8-27-11-28-9-14)21-19(6-13)30-12-32(21)16-7-20(33)29-10-16/h1-6,8-9,11-12,16H,7,10H2,(H,29,33)(H,31,34)/t16-/m1/s1. The predicted octanol–water partition coefficient (Wildman–Crippen LogP) is 3.97. The second-order valence-corrected chi connectivity index (χ2v) is 8.30. The van der Waals surface area contributed by atoms with Gasteiger partial charge in [0.15, 0.2) is 0 Å². The molecule has 12 heteroatoms. The van der Waals surface area contributed by atoms with Crippen molar-refractivity contribution < 1.29 is 23.1 Å². The maximum absolute atomic E-state index is 13.1. The molecule has 5 rings (SSSR count). The number of anilines is 1. The lowest BCUT2D eigenvalue weighted by Gasteiger charge is -2.15. The number of alkyl halides is 3. The van der Waals surface area contributed by atoms with Gasteiger partial charge < -0.3 is 19.9 Å². The molecule has 0 radical (unpaired) electrons. The molecule has 1 aliphatic rings. The average Bonchev–Trinajstić information content (AvgIpc) is 3.45. The van der Waals surface area contributed by atoms with Gasteiger partial charge in [-0.2, -0.15) is 0 Å². The topological polar surface area (TPSA) is 111 Å². The number of carbonyl (C=O) groups excluding carboxylic acids is 2. The van der Waals surface area contributed by atoms with Crippen LogP contribution in [0.2, 0.25) is 0 Å². The average molecular weight is 499 g/mol. The Morgan fingerprint density at radius 3 is 2.60 bits per heavy atom. The summed E-state index contributed by atoms with van der Waals surface area (Å²) in [5, 5.41) is 5.54. The number of rotatable bonds is 6. The number of aromatic nitrogens is 4. The summed E-state index contributed by atoms with van der Waals surface area (Å²) in [6.45, 7) is 0.479. The number of fused-ring (bicyclic) bond motifs is 1. The van der Waals surface area contributed by atoms with Gasteiger partial charge in [0.25, 0.3) is 5.91 Å². The van der Waals surface area contributed by atoms with Crippen LogP contribution in [0.5, 0.6) is 5.75 Å². The van der Waals surface area contributed by atoms with Crippen molar-refractivity contribution in [1.82, 2.24) is 24.8 Å². The van der Waals surface area contributed by atoms with Crippen molar-refractivity contribution in [3.8, 4) is 16.9 Å². The maximum atomic E-state index is 13.1. The molecule has 2 amide bonds. The largest absolute Gasteiger partial charge is 0.487 e. The first-order chi connectivity index (χ1) is 16.8. The van der Waals surface area contributed by atoms with E-state index in [0.717, 1.165) is 5.52 Å². The van der Waals surface area contributed by atoms with Gasteiger partial charge in [0.1, 0.15) is 12.1 Å². The molecule has 4 aromatic rings. The van der Waals surface area contributed by atoms with E-state index in [2.05, 4.69) is 30.3 Å². The highest BCUT2D eigenvalue weighted by atomic mass is 35.5. The van der Waals surface area contributed by atoms with E-state index in [1.807, 2.05) is 4.57 Å². The summed E-state index contributed by atoms with van der Waals surface area (Å²) in [4.78, 5) is 37.5. The van der Waals surface area contributed by atoms with Gasteiger partial charge in [0.2, 0.25) is 5.91 Å². The molecular weight excluding hydrogens is 482 g/mol. The number of ether oxygens (including phenoxy) is 1. The summed E-state index contributed by atoms with van der Waals surface area (Å²) < 4.78 is 31.8. The molecule has 0 aliphatic carbocycles. The first-order valence-corrected chi connectivity index (χ1v) is 10.8. The molecule has 2 aromatic carbocycles. The smallest absolute Gasteiger partial charge is 0.420 e. The monoisotopic (exact) mass is 498 g/mol. The van der Waals surface area contributed by atoms with Crippen LogP contribution in [0.15, 0.2) is 61.4 Å². The number of amides is 2. The Bertz CT molecular complexity index is 1410. The minimum absolute atomic E-state index is 0.0383. The molecule has 3 heterocycles. The van der Waals surface area contributed by atoms with Crippen molar-refractivity contribution in [1.29, 1.82) is 0 Å². The van der Waals surface area contributed by atoms with E-state index in [0.29, 0.717) is 40.9 Å². The second-order valence-electron chi connectivity index (χ2n) is 7.86. The molecule has 178 valence electrons. The highest BCUT2D eigenvalue weighted by Gasteiger charge is 2.28. The SMILES string of the molecule is O=C1C[C@@H](n2cnc3cc(C(=O)Nc4ccc(OC(F)(F)Cl)cc4)cc(-c4cncnc4)c32)CN1. The molecule has 1 aliphatic heterocycles.